The highest BCUT2D eigenvalue weighted by atomic mass is 16.2. The van der Waals surface area contributed by atoms with E-state index in [0.717, 1.165) is 40.1 Å². The number of amides is 1. The van der Waals surface area contributed by atoms with Crippen molar-refractivity contribution in [2.75, 3.05) is 39.0 Å². The van der Waals surface area contributed by atoms with E-state index in [1.165, 1.54) is 0 Å². The minimum absolute atomic E-state index is 0.00690. The zero-order chi connectivity index (χ0) is 31.3. The van der Waals surface area contributed by atoms with Crippen molar-refractivity contribution in [3.05, 3.63) is 115 Å². The Morgan fingerprint density at radius 3 is 2.53 bits per heavy atom. The molecule has 0 bridgehead atoms. The quantitative estimate of drug-likeness (QED) is 0.219. The van der Waals surface area contributed by atoms with Crippen LogP contribution in [0.5, 0.6) is 0 Å². The van der Waals surface area contributed by atoms with Crippen molar-refractivity contribution in [1.29, 1.82) is 0 Å². The molecule has 2 atom stereocenters. The number of ketones is 1. The first kappa shape index (κ1) is 29.9. The number of nitrogens with zero attached hydrogens (tertiary/aromatic N) is 6. The number of carbonyl (C=O) groups excluding carboxylic acids is 2. The predicted molar refractivity (Wildman–Crippen MR) is 177 cm³/mol. The smallest absolute Gasteiger partial charge is 0.253 e. The van der Waals surface area contributed by atoms with Gasteiger partial charge in [0, 0.05) is 49.6 Å². The van der Waals surface area contributed by atoms with E-state index in [-0.39, 0.29) is 23.7 Å². The van der Waals surface area contributed by atoms with E-state index in [0.29, 0.717) is 31.0 Å². The first-order chi connectivity index (χ1) is 21.9. The molecule has 0 aliphatic carbocycles. The second kappa shape index (κ2) is 13.2. The van der Waals surface area contributed by atoms with Gasteiger partial charge >= 0.3 is 0 Å². The van der Waals surface area contributed by atoms with Crippen LogP contribution in [0.3, 0.4) is 0 Å². The molecule has 1 N–H and O–H groups in total. The van der Waals surface area contributed by atoms with E-state index < -0.39 is 0 Å². The summed E-state index contributed by atoms with van der Waals surface area (Å²) in [5, 5.41) is 8.37. The summed E-state index contributed by atoms with van der Waals surface area (Å²) < 4.78 is 1.88. The second-order valence-electron chi connectivity index (χ2n) is 11.8. The third-order valence-corrected chi connectivity index (χ3v) is 8.07. The number of rotatable bonds is 10. The zero-order valence-electron chi connectivity index (χ0n) is 25.8. The standard InChI is InChI=1S/C36H37N7O2/c1-25-23-42(35(45)28-16-14-26(15-17-28)22-29(44)12-9-20-41(2)3)24-31(25)39-36-37-19-18-30(38-36)33-32-13-7-8-21-43(32)40-34(33)27-10-5-4-6-11-27/h4-19,21,25,31H,20,22-24H2,1-3H3,(H,37,38,39)/b12-9+/t25-,31+/m1/s1. The molecule has 45 heavy (non-hydrogen) atoms. The highest BCUT2D eigenvalue weighted by molar-refractivity contribution is 5.95. The third-order valence-electron chi connectivity index (χ3n) is 8.07. The van der Waals surface area contributed by atoms with Crippen molar-refractivity contribution < 1.29 is 9.59 Å². The van der Waals surface area contributed by atoms with Crippen LogP contribution in [0.4, 0.5) is 5.95 Å². The lowest BCUT2D eigenvalue weighted by atomic mass is 10.0. The van der Waals surface area contributed by atoms with Gasteiger partial charge in [-0.25, -0.2) is 14.5 Å². The lowest BCUT2D eigenvalue weighted by molar-refractivity contribution is -0.114. The van der Waals surface area contributed by atoms with Gasteiger partial charge in [-0.1, -0.05) is 61.5 Å². The van der Waals surface area contributed by atoms with Crippen molar-refractivity contribution in [3.63, 3.8) is 0 Å². The lowest BCUT2D eigenvalue weighted by Gasteiger charge is -2.18. The average molecular weight is 600 g/mol. The van der Waals surface area contributed by atoms with Gasteiger partial charge in [0.15, 0.2) is 5.78 Å². The molecule has 4 heterocycles. The maximum absolute atomic E-state index is 13.4. The maximum atomic E-state index is 13.4. The number of likely N-dealkylation sites (tertiary alicyclic amines) is 1. The summed E-state index contributed by atoms with van der Waals surface area (Å²) in [6.45, 7) is 4.01. The summed E-state index contributed by atoms with van der Waals surface area (Å²) in [7, 11) is 3.92. The maximum Gasteiger partial charge on any atom is 0.253 e. The number of likely N-dealkylation sites (N-methyl/N-ethyl adjacent to an activating group) is 1. The SMILES string of the molecule is C[C@@H]1CN(C(=O)c2ccc(CC(=O)/C=C/CN(C)C)cc2)C[C@@H]1Nc1nccc(-c2c(-c3ccccc3)nn3ccccc23)n1. The zero-order valence-corrected chi connectivity index (χ0v) is 25.8. The van der Waals surface area contributed by atoms with Crippen molar-refractivity contribution in [1.82, 2.24) is 29.4 Å². The minimum atomic E-state index is -0.0246. The first-order valence-corrected chi connectivity index (χ1v) is 15.2. The molecular formula is C36H37N7O2. The lowest BCUT2D eigenvalue weighted by Crippen LogP contribution is -2.32. The largest absolute Gasteiger partial charge is 0.349 e. The van der Waals surface area contributed by atoms with Crippen LogP contribution in [0.2, 0.25) is 0 Å². The topological polar surface area (TPSA) is 95.7 Å². The molecule has 9 heteroatoms. The van der Waals surface area contributed by atoms with Crippen LogP contribution in [0, 0.1) is 5.92 Å². The Labute approximate surface area is 263 Å². The molecule has 0 radical (unpaired) electrons. The fourth-order valence-electron chi connectivity index (χ4n) is 5.71. The monoisotopic (exact) mass is 599 g/mol. The number of carbonyl (C=O) groups is 2. The Hall–Kier alpha value is -5.15. The molecule has 1 amide bonds. The summed E-state index contributed by atoms with van der Waals surface area (Å²) in [5.41, 5.74) is 6.05. The summed E-state index contributed by atoms with van der Waals surface area (Å²) in [5.74, 6) is 0.733. The van der Waals surface area contributed by atoms with Crippen molar-refractivity contribution >= 4 is 23.2 Å². The molecule has 0 spiro atoms. The van der Waals surface area contributed by atoms with Crippen molar-refractivity contribution in [2.45, 2.75) is 19.4 Å². The molecule has 6 rings (SSSR count). The molecule has 1 saturated heterocycles. The van der Waals surface area contributed by atoms with Gasteiger partial charge in [-0.05, 0) is 62.0 Å². The molecule has 228 valence electrons. The summed E-state index contributed by atoms with van der Waals surface area (Å²) in [6.07, 6.45) is 7.50. The molecule has 1 aliphatic rings. The first-order valence-electron chi connectivity index (χ1n) is 15.2. The average Bonchev–Trinajstić information content (AvgIpc) is 3.62. The van der Waals surface area contributed by atoms with Crippen LogP contribution in [0.1, 0.15) is 22.8 Å². The number of fused-ring (bicyclic) bond motifs is 1. The van der Waals surface area contributed by atoms with Crippen molar-refractivity contribution in [2.24, 2.45) is 5.92 Å². The molecular weight excluding hydrogens is 562 g/mol. The van der Waals surface area contributed by atoms with Gasteiger partial charge in [0.1, 0.15) is 5.69 Å². The van der Waals surface area contributed by atoms with E-state index in [9.17, 15) is 9.59 Å². The molecule has 0 unspecified atom stereocenters. The van der Waals surface area contributed by atoms with Crippen LogP contribution in [-0.2, 0) is 11.2 Å². The Balaban J connectivity index is 1.14. The van der Waals surface area contributed by atoms with Gasteiger partial charge in [0.05, 0.1) is 22.8 Å². The fraction of sp³-hybridized carbons (Fsp3) is 0.250. The van der Waals surface area contributed by atoms with Crippen LogP contribution in [-0.4, -0.2) is 80.8 Å². The number of anilines is 1. The Bertz CT molecular complexity index is 1830. The number of aromatic nitrogens is 4. The second-order valence-corrected chi connectivity index (χ2v) is 11.8. The van der Waals surface area contributed by atoms with Crippen LogP contribution < -0.4 is 5.32 Å². The Morgan fingerprint density at radius 1 is 0.978 bits per heavy atom. The van der Waals surface area contributed by atoms with Gasteiger partial charge in [-0.3, -0.25) is 9.59 Å². The van der Waals surface area contributed by atoms with Crippen LogP contribution in [0.15, 0.2) is 103 Å². The highest BCUT2D eigenvalue weighted by Gasteiger charge is 2.33. The minimum Gasteiger partial charge on any atom is -0.349 e. The number of hydrogen-bond acceptors (Lipinski definition) is 7. The highest BCUT2D eigenvalue weighted by Crippen LogP contribution is 2.34. The van der Waals surface area contributed by atoms with Gasteiger partial charge < -0.3 is 15.1 Å². The number of nitrogens with one attached hydrogen (secondary N) is 1. The number of hydrogen-bond donors (Lipinski definition) is 1. The van der Waals surface area contributed by atoms with Crippen LogP contribution >= 0.6 is 0 Å². The Kier molecular flexibility index (Phi) is 8.79. The van der Waals surface area contributed by atoms with Gasteiger partial charge in [-0.15, -0.1) is 0 Å². The third kappa shape index (κ3) is 6.84. The van der Waals surface area contributed by atoms with E-state index in [4.69, 9.17) is 10.1 Å². The molecule has 9 nitrogen and oxygen atoms in total. The van der Waals surface area contributed by atoms with E-state index in [1.54, 1.807) is 12.3 Å². The van der Waals surface area contributed by atoms with Gasteiger partial charge in [0.25, 0.3) is 5.91 Å². The fourth-order valence-corrected chi connectivity index (χ4v) is 5.71. The molecule has 1 aliphatic heterocycles. The van der Waals surface area contributed by atoms with Crippen molar-refractivity contribution in [3.8, 4) is 22.5 Å². The van der Waals surface area contributed by atoms with Gasteiger partial charge in [0.2, 0.25) is 5.95 Å². The summed E-state index contributed by atoms with van der Waals surface area (Å²) in [4.78, 5) is 39.0. The summed E-state index contributed by atoms with van der Waals surface area (Å²) >= 11 is 0. The normalized spacial score (nSPS) is 16.6. The van der Waals surface area contributed by atoms with Crippen LogP contribution in [0.25, 0.3) is 28.0 Å². The molecule has 2 aromatic carbocycles. The predicted octanol–water partition coefficient (Wildman–Crippen LogP) is 5.26. The van der Waals surface area contributed by atoms with E-state index in [2.05, 4.69) is 29.4 Å². The Morgan fingerprint density at radius 2 is 1.76 bits per heavy atom. The molecule has 5 aromatic rings. The number of benzene rings is 2. The van der Waals surface area contributed by atoms with E-state index in [1.807, 2.05) is 107 Å². The number of pyridine rings is 1. The molecule has 1 fully saturated rings. The molecule has 3 aromatic heterocycles. The number of allylic oxidation sites excluding steroid dienone is 1. The van der Waals surface area contributed by atoms with Gasteiger partial charge in [-0.2, -0.15) is 5.10 Å². The molecule has 0 saturated carbocycles. The van der Waals surface area contributed by atoms with E-state index >= 15 is 0 Å². The summed E-state index contributed by atoms with van der Waals surface area (Å²) in [6, 6.07) is 25.4.